The van der Waals surface area contributed by atoms with E-state index in [9.17, 15) is 9.59 Å². The summed E-state index contributed by atoms with van der Waals surface area (Å²) < 4.78 is 0. The van der Waals surface area contributed by atoms with Gasteiger partial charge in [0.25, 0.3) is 0 Å². The number of nitrogens with zero attached hydrogens (tertiary/aromatic N) is 1. The van der Waals surface area contributed by atoms with Gasteiger partial charge >= 0.3 is 0 Å². The standard InChI is InChI=1S/C16H22N4O2.ClH/c1-10(2)20(9-15(18)21)16(22)13(17)7-11-8-19-14-6-4-3-5-12(11)14;/h3-6,8,10,13,19H,7,9,17H2,1-2H3,(H2,18,21);1H/t13-;/m0./s1. The number of para-hydroxylation sites is 1. The van der Waals surface area contributed by atoms with Gasteiger partial charge in [-0.2, -0.15) is 0 Å². The Morgan fingerprint density at radius 3 is 2.52 bits per heavy atom. The molecule has 0 saturated carbocycles. The number of primary amides is 1. The molecule has 0 aliphatic rings. The monoisotopic (exact) mass is 338 g/mol. The average Bonchev–Trinajstić information content (AvgIpc) is 2.87. The number of rotatable bonds is 6. The maximum absolute atomic E-state index is 12.5. The fraction of sp³-hybridized carbons (Fsp3) is 0.375. The number of halogens is 1. The number of nitrogens with one attached hydrogen (secondary N) is 1. The van der Waals surface area contributed by atoms with Crippen LogP contribution in [-0.2, 0) is 16.0 Å². The molecule has 0 aliphatic carbocycles. The number of hydrogen-bond acceptors (Lipinski definition) is 3. The molecule has 2 rings (SSSR count). The predicted octanol–water partition coefficient (Wildman–Crippen LogP) is 1.18. The highest BCUT2D eigenvalue weighted by Crippen LogP contribution is 2.19. The molecule has 1 aromatic heterocycles. The smallest absolute Gasteiger partial charge is 0.240 e. The van der Waals surface area contributed by atoms with Gasteiger partial charge in [0, 0.05) is 23.1 Å². The van der Waals surface area contributed by atoms with E-state index in [4.69, 9.17) is 11.5 Å². The van der Waals surface area contributed by atoms with Crippen molar-refractivity contribution < 1.29 is 9.59 Å². The molecule has 1 atom stereocenters. The van der Waals surface area contributed by atoms with E-state index < -0.39 is 11.9 Å². The minimum Gasteiger partial charge on any atom is -0.368 e. The van der Waals surface area contributed by atoms with E-state index in [1.54, 1.807) is 0 Å². The summed E-state index contributed by atoms with van der Waals surface area (Å²) in [6, 6.07) is 7.01. The zero-order valence-electron chi connectivity index (χ0n) is 13.3. The normalized spacial score (nSPS) is 12.0. The van der Waals surface area contributed by atoms with Crippen molar-refractivity contribution in [1.29, 1.82) is 0 Å². The Bertz CT molecular complexity index is 684. The van der Waals surface area contributed by atoms with E-state index in [0.717, 1.165) is 16.5 Å². The maximum atomic E-state index is 12.5. The van der Waals surface area contributed by atoms with E-state index >= 15 is 0 Å². The van der Waals surface area contributed by atoms with E-state index in [2.05, 4.69) is 4.98 Å². The van der Waals surface area contributed by atoms with Crippen LogP contribution in [0.2, 0.25) is 0 Å². The summed E-state index contributed by atoms with van der Waals surface area (Å²) in [5.74, 6) is -0.805. The zero-order chi connectivity index (χ0) is 16.3. The molecule has 0 saturated heterocycles. The predicted molar refractivity (Wildman–Crippen MR) is 93.3 cm³/mol. The van der Waals surface area contributed by atoms with Crippen molar-refractivity contribution in [2.24, 2.45) is 11.5 Å². The Hall–Kier alpha value is -2.05. The van der Waals surface area contributed by atoms with Crippen molar-refractivity contribution in [3.63, 3.8) is 0 Å². The van der Waals surface area contributed by atoms with Gasteiger partial charge < -0.3 is 21.4 Å². The lowest BCUT2D eigenvalue weighted by atomic mass is 10.0. The summed E-state index contributed by atoms with van der Waals surface area (Å²) in [6.45, 7) is 3.55. The van der Waals surface area contributed by atoms with E-state index in [0.29, 0.717) is 6.42 Å². The Balaban J connectivity index is 0.00000264. The van der Waals surface area contributed by atoms with Crippen molar-refractivity contribution in [3.05, 3.63) is 36.0 Å². The minimum absolute atomic E-state index is 0. The molecule has 2 aromatic rings. The van der Waals surface area contributed by atoms with Crippen LogP contribution in [0.4, 0.5) is 0 Å². The van der Waals surface area contributed by atoms with Gasteiger partial charge in [-0.05, 0) is 31.9 Å². The van der Waals surface area contributed by atoms with Gasteiger partial charge in [0.1, 0.15) is 0 Å². The molecule has 23 heavy (non-hydrogen) atoms. The average molecular weight is 339 g/mol. The van der Waals surface area contributed by atoms with Crippen LogP contribution in [0.15, 0.2) is 30.5 Å². The first-order valence-corrected chi connectivity index (χ1v) is 7.29. The lowest BCUT2D eigenvalue weighted by Crippen LogP contribution is -2.50. The number of amides is 2. The number of carbonyl (C=O) groups excluding carboxylic acids is 2. The molecule has 0 aliphatic heterocycles. The Morgan fingerprint density at radius 2 is 1.91 bits per heavy atom. The van der Waals surface area contributed by atoms with Crippen molar-refractivity contribution in [1.82, 2.24) is 9.88 Å². The number of H-pyrrole nitrogens is 1. The highest BCUT2D eigenvalue weighted by Gasteiger charge is 2.25. The van der Waals surface area contributed by atoms with Crippen molar-refractivity contribution in [2.75, 3.05) is 6.54 Å². The van der Waals surface area contributed by atoms with Gasteiger partial charge in [0.05, 0.1) is 12.6 Å². The Labute approximate surface area is 141 Å². The van der Waals surface area contributed by atoms with Gasteiger partial charge in [-0.25, -0.2) is 0 Å². The second-order valence-corrected chi connectivity index (χ2v) is 5.70. The zero-order valence-corrected chi connectivity index (χ0v) is 14.1. The summed E-state index contributed by atoms with van der Waals surface area (Å²) in [6.07, 6.45) is 2.27. The third-order valence-electron chi connectivity index (χ3n) is 3.66. The molecule has 0 bridgehead atoms. The summed E-state index contributed by atoms with van der Waals surface area (Å²) >= 11 is 0. The fourth-order valence-corrected chi connectivity index (χ4v) is 2.52. The third-order valence-corrected chi connectivity index (χ3v) is 3.66. The molecule has 2 amide bonds. The van der Waals surface area contributed by atoms with E-state index in [1.165, 1.54) is 4.90 Å². The summed E-state index contributed by atoms with van der Waals surface area (Å²) in [4.78, 5) is 28.2. The third kappa shape index (κ3) is 4.46. The molecule has 0 unspecified atom stereocenters. The number of carbonyl (C=O) groups is 2. The summed E-state index contributed by atoms with van der Waals surface area (Å²) in [5.41, 5.74) is 13.3. The topological polar surface area (TPSA) is 105 Å². The van der Waals surface area contributed by atoms with Crippen LogP contribution in [-0.4, -0.2) is 40.3 Å². The first-order chi connectivity index (χ1) is 10.4. The van der Waals surface area contributed by atoms with Crippen LogP contribution >= 0.6 is 12.4 Å². The molecule has 126 valence electrons. The molecular weight excluding hydrogens is 316 g/mol. The first-order valence-electron chi connectivity index (χ1n) is 7.29. The number of nitrogens with two attached hydrogens (primary N) is 2. The molecule has 0 radical (unpaired) electrons. The maximum Gasteiger partial charge on any atom is 0.240 e. The first kappa shape index (κ1) is 19.0. The molecule has 5 N–H and O–H groups in total. The van der Waals surface area contributed by atoms with Crippen LogP contribution in [0, 0.1) is 0 Å². The van der Waals surface area contributed by atoms with Gasteiger partial charge in [0.15, 0.2) is 0 Å². The van der Waals surface area contributed by atoms with Crippen LogP contribution in [0.25, 0.3) is 10.9 Å². The van der Waals surface area contributed by atoms with Crippen LogP contribution in [0.3, 0.4) is 0 Å². The minimum atomic E-state index is -0.707. The van der Waals surface area contributed by atoms with Crippen molar-refractivity contribution >= 4 is 35.1 Å². The number of fused-ring (bicyclic) bond motifs is 1. The van der Waals surface area contributed by atoms with Gasteiger partial charge in [-0.15, -0.1) is 12.4 Å². The lowest BCUT2D eigenvalue weighted by molar-refractivity contribution is -0.138. The Kier molecular flexibility index (Phi) is 6.60. The van der Waals surface area contributed by atoms with Crippen molar-refractivity contribution in [3.8, 4) is 0 Å². The molecule has 1 heterocycles. The highest BCUT2D eigenvalue weighted by molar-refractivity contribution is 5.88. The second kappa shape index (κ2) is 7.99. The van der Waals surface area contributed by atoms with Crippen molar-refractivity contribution in [2.45, 2.75) is 32.4 Å². The van der Waals surface area contributed by atoms with E-state index in [1.807, 2.05) is 44.3 Å². The molecule has 6 nitrogen and oxygen atoms in total. The van der Waals surface area contributed by atoms with Gasteiger partial charge in [-0.1, -0.05) is 18.2 Å². The highest BCUT2D eigenvalue weighted by atomic mass is 35.5. The van der Waals surface area contributed by atoms with Gasteiger partial charge in [0.2, 0.25) is 11.8 Å². The SMILES string of the molecule is CC(C)N(CC(N)=O)C(=O)[C@@H](N)Cc1c[nH]c2ccccc12.Cl. The summed E-state index contributed by atoms with van der Waals surface area (Å²) in [5, 5.41) is 1.05. The molecule has 0 spiro atoms. The number of aromatic nitrogens is 1. The van der Waals surface area contributed by atoms with Crippen LogP contribution in [0.1, 0.15) is 19.4 Å². The summed E-state index contributed by atoms with van der Waals surface area (Å²) in [7, 11) is 0. The molecular formula is C16H23ClN4O2. The number of aromatic amines is 1. The van der Waals surface area contributed by atoms with Crippen LogP contribution < -0.4 is 11.5 Å². The fourth-order valence-electron chi connectivity index (χ4n) is 2.52. The number of benzene rings is 1. The van der Waals surface area contributed by atoms with Gasteiger partial charge in [-0.3, -0.25) is 9.59 Å². The number of hydrogen-bond donors (Lipinski definition) is 3. The molecule has 0 fully saturated rings. The molecule has 1 aromatic carbocycles. The van der Waals surface area contributed by atoms with E-state index in [-0.39, 0.29) is 30.9 Å². The second-order valence-electron chi connectivity index (χ2n) is 5.70. The lowest BCUT2D eigenvalue weighted by Gasteiger charge is -2.28. The quantitative estimate of drug-likeness (QED) is 0.736. The Morgan fingerprint density at radius 1 is 1.26 bits per heavy atom. The molecule has 7 heteroatoms. The largest absolute Gasteiger partial charge is 0.368 e. The van der Waals surface area contributed by atoms with Crippen LogP contribution in [0.5, 0.6) is 0 Å².